The van der Waals surface area contributed by atoms with Crippen LogP contribution in [0.15, 0.2) is 24.3 Å². The van der Waals surface area contributed by atoms with E-state index in [-0.39, 0.29) is 17.9 Å². The zero-order valence-corrected chi connectivity index (χ0v) is 16.7. The first-order chi connectivity index (χ1) is 12.8. The highest BCUT2D eigenvalue weighted by Crippen LogP contribution is 2.64. The Morgan fingerprint density at radius 2 is 1.81 bits per heavy atom. The first-order valence-corrected chi connectivity index (χ1v) is 12.0. The molecule has 1 aromatic rings. The Balaban J connectivity index is 1.30. The smallest absolute Gasteiger partial charge is 0.223 e. The van der Waals surface area contributed by atoms with Gasteiger partial charge >= 0.3 is 0 Å². The zero-order chi connectivity index (χ0) is 17.6. The second-order valence-electron chi connectivity index (χ2n) is 8.15. The highest BCUT2D eigenvalue weighted by molar-refractivity contribution is 8.21. The van der Waals surface area contributed by atoms with Crippen molar-refractivity contribution in [1.82, 2.24) is 5.32 Å². The number of benzene rings is 1. The number of ether oxygens (including phenoxy) is 1. The SMILES string of the molecule is O=C(N[C@@H]1CCOc2ccccc21)C1C[C@H]2CCC[C@@H](C1)C21SCCS1. The van der Waals surface area contributed by atoms with Crippen LogP contribution in [0.1, 0.15) is 50.1 Å². The van der Waals surface area contributed by atoms with Gasteiger partial charge in [0.2, 0.25) is 5.91 Å². The number of hydrogen-bond donors (Lipinski definition) is 1. The summed E-state index contributed by atoms with van der Waals surface area (Å²) in [5.74, 6) is 5.47. The lowest BCUT2D eigenvalue weighted by atomic mass is 9.67. The number of thioether (sulfide) groups is 2. The molecule has 1 saturated heterocycles. The normalized spacial score (nSPS) is 34.8. The third-order valence-electron chi connectivity index (χ3n) is 6.77. The largest absolute Gasteiger partial charge is 0.493 e. The maximum absolute atomic E-state index is 13.1. The van der Waals surface area contributed by atoms with Crippen molar-refractivity contribution in [2.75, 3.05) is 18.1 Å². The molecule has 0 radical (unpaired) electrons. The number of carbonyl (C=O) groups excluding carboxylic acids is 1. The summed E-state index contributed by atoms with van der Waals surface area (Å²) in [7, 11) is 0. The second kappa shape index (κ2) is 6.97. The fourth-order valence-corrected chi connectivity index (χ4v) is 9.54. The molecule has 26 heavy (non-hydrogen) atoms. The number of rotatable bonds is 2. The van der Waals surface area contributed by atoms with Gasteiger partial charge in [-0.05, 0) is 43.6 Å². The molecule has 2 heterocycles. The number of fused-ring (bicyclic) bond motifs is 1. The van der Waals surface area contributed by atoms with Gasteiger partial charge in [0.25, 0.3) is 0 Å². The summed E-state index contributed by atoms with van der Waals surface area (Å²) in [5, 5.41) is 3.38. The predicted octanol–water partition coefficient (Wildman–Crippen LogP) is 4.63. The number of hydrogen-bond acceptors (Lipinski definition) is 4. The van der Waals surface area contributed by atoms with Crippen molar-refractivity contribution in [2.45, 2.75) is 48.6 Å². The molecule has 2 bridgehead atoms. The average molecular weight is 390 g/mol. The van der Waals surface area contributed by atoms with Crippen molar-refractivity contribution >= 4 is 29.4 Å². The first kappa shape index (κ1) is 17.3. The van der Waals surface area contributed by atoms with E-state index >= 15 is 0 Å². The van der Waals surface area contributed by atoms with Gasteiger partial charge in [0.1, 0.15) is 5.75 Å². The summed E-state index contributed by atoms with van der Waals surface area (Å²) in [6.07, 6.45) is 7.05. The maximum Gasteiger partial charge on any atom is 0.223 e. The molecule has 3 nitrogen and oxygen atoms in total. The van der Waals surface area contributed by atoms with E-state index in [1.165, 1.54) is 30.8 Å². The molecule has 2 aliphatic carbocycles. The fourth-order valence-electron chi connectivity index (χ4n) is 5.60. The fraction of sp³-hybridized carbons (Fsp3) is 0.667. The Bertz CT molecular complexity index is 672. The van der Waals surface area contributed by atoms with Crippen LogP contribution in [0.5, 0.6) is 5.75 Å². The summed E-state index contributed by atoms with van der Waals surface area (Å²) < 4.78 is 6.19. The van der Waals surface area contributed by atoms with Crippen molar-refractivity contribution < 1.29 is 9.53 Å². The van der Waals surface area contributed by atoms with Gasteiger partial charge in [0.15, 0.2) is 0 Å². The maximum atomic E-state index is 13.1. The van der Waals surface area contributed by atoms with Gasteiger partial charge in [-0.15, -0.1) is 23.5 Å². The molecule has 4 atom stereocenters. The van der Waals surface area contributed by atoms with Gasteiger partial charge in [-0.2, -0.15) is 0 Å². The van der Waals surface area contributed by atoms with Gasteiger partial charge in [0.05, 0.1) is 16.7 Å². The highest BCUT2D eigenvalue weighted by atomic mass is 32.2. The average Bonchev–Trinajstić information content (AvgIpc) is 3.11. The lowest BCUT2D eigenvalue weighted by Crippen LogP contribution is -2.50. The van der Waals surface area contributed by atoms with Crippen molar-refractivity contribution in [1.29, 1.82) is 0 Å². The third-order valence-corrected chi connectivity index (χ3v) is 10.8. The minimum Gasteiger partial charge on any atom is -0.493 e. The third kappa shape index (κ3) is 2.86. The van der Waals surface area contributed by atoms with Gasteiger partial charge in [-0.1, -0.05) is 24.6 Å². The zero-order valence-electron chi connectivity index (χ0n) is 15.1. The molecule has 1 amide bonds. The van der Waals surface area contributed by atoms with E-state index in [4.69, 9.17) is 4.74 Å². The summed E-state index contributed by atoms with van der Waals surface area (Å²) in [6, 6.07) is 8.25. The molecule has 1 spiro atoms. The topological polar surface area (TPSA) is 38.3 Å². The lowest BCUT2D eigenvalue weighted by Gasteiger charge is -2.52. The molecule has 0 aromatic heterocycles. The quantitative estimate of drug-likeness (QED) is 0.800. The summed E-state index contributed by atoms with van der Waals surface area (Å²) in [6.45, 7) is 0.689. The van der Waals surface area contributed by atoms with Gasteiger partial charge < -0.3 is 10.1 Å². The van der Waals surface area contributed by atoms with E-state index in [1.807, 2.05) is 18.2 Å². The van der Waals surface area contributed by atoms with Crippen LogP contribution in [0.4, 0.5) is 0 Å². The number of para-hydroxylation sites is 1. The minimum atomic E-state index is 0.110. The van der Waals surface area contributed by atoms with Crippen LogP contribution in [-0.4, -0.2) is 28.1 Å². The second-order valence-corrected chi connectivity index (χ2v) is 11.2. The Morgan fingerprint density at radius 3 is 2.58 bits per heavy atom. The number of nitrogens with one attached hydrogen (secondary N) is 1. The first-order valence-electron chi connectivity index (χ1n) is 10.1. The number of carbonyl (C=O) groups is 1. The Morgan fingerprint density at radius 1 is 1.08 bits per heavy atom. The molecule has 3 fully saturated rings. The molecule has 5 heteroatoms. The molecule has 1 N–H and O–H groups in total. The van der Waals surface area contributed by atoms with Crippen LogP contribution in [-0.2, 0) is 4.79 Å². The monoisotopic (exact) mass is 389 g/mol. The lowest BCUT2D eigenvalue weighted by molar-refractivity contribution is -0.128. The van der Waals surface area contributed by atoms with Crippen LogP contribution in [0.25, 0.3) is 0 Å². The van der Waals surface area contributed by atoms with E-state index < -0.39 is 0 Å². The van der Waals surface area contributed by atoms with Gasteiger partial charge in [-0.25, -0.2) is 0 Å². The Kier molecular flexibility index (Phi) is 4.64. The van der Waals surface area contributed by atoms with E-state index in [1.54, 1.807) is 0 Å². The molecular weight excluding hydrogens is 362 g/mol. The summed E-state index contributed by atoms with van der Waals surface area (Å²) >= 11 is 4.43. The van der Waals surface area contributed by atoms with E-state index in [0.717, 1.165) is 42.4 Å². The van der Waals surface area contributed by atoms with E-state index in [2.05, 4.69) is 34.9 Å². The van der Waals surface area contributed by atoms with Gasteiger partial charge in [0, 0.05) is 29.4 Å². The standard InChI is InChI=1S/C21H27NO2S2/c23-20(22-18-8-9-24-19-7-2-1-6-17(18)19)14-12-15-4-3-5-16(13-14)21(15)25-10-11-26-21/h1-2,6-7,14-16,18H,3-5,8-13H2,(H,22,23)/t14?,15-,16+,18-/m1/s1. The van der Waals surface area contributed by atoms with Crippen LogP contribution in [0.2, 0.25) is 0 Å². The van der Waals surface area contributed by atoms with Crippen LogP contribution < -0.4 is 10.1 Å². The van der Waals surface area contributed by atoms with Gasteiger partial charge in [-0.3, -0.25) is 4.79 Å². The Hall–Kier alpha value is -0.810. The molecule has 4 aliphatic rings. The molecule has 5 rings (SSSR count). The highest BCUT2D eigenvalue weighted by Gasteiger charge is 2.55. The molecule has 2 aliphatic heterocycles. The molecule has 140 valence electrons. The summed E-state index contributed by atoms with van der Waals surface area (Å²) in [4.78, 5) is 13.1. The van der Waals surface area contributed by atoms with E-state index in [9.17, 15) is 4.79 Å². The van der Waals surface area contributed by atoms with Crippen molar-refractivity contribution in [3.8, 4) is 5.75 Å². The Labute approximate surface area is 164 Å². The van der Waals surface area contributed by atoms with Crippen LogP contribution in [0, 0.1) is 17.8 Å². The van der Waals surface area contributed by atoms with Crippen molar-refractivity contribution in [3.05, 3.63) is 29.8 Å². The molecule has 2 saturated carbocycles. The van der Waals surface area contributed by atoms with Crippen LogP contribution >= 0.6 is 23.5 Å². The predicted molar refractivity (Wildman–Crippen MR) is 109 cm³/mol. The number of amides is 1. The molecule has 1 unspecified atom stereocenters. The van der Waals surface area contributed by atoms with Crippen LogP contribution in [0.3, 0.4) is 0 Å². The molecular formula is C21H27NO2S2. The van der Waals surface area contributed by atoms with Crippen molar-refractivity contribution in [2.24, 2.45) is 17.8 Å². The molecule has 1 aromatic carbocycles. The summed E-state index contributed by atoms with van der Waals surface area (Å²) in [5.41, 5.74) is 1.14. The van der Waals surface area contributed by atoms with E-state index in [0.29, 0.717) is 10.7 Å². The van der Waals surface area contributed by atoms with Crippen molar-refractivity contribution in [3.63, 3.8) is 0 Å². The minimum absolute atomic E-state index is 0.110.